The smallest absolute Gasteiger partial charge is 0.462 e. The lowest BCUT2D eigenvalue weighted by molar-refractivity contribution is -0.161. The van der Waals surface area contributed by atoms with E-state index >= 15 is 0 Å². The molecule has 0 aromatic heterocycles. The highest BCUT2D eigenvalue weighted by atomic mass is 31.2. The number of carbonyl (C=O) groups excluding carboxylic acids is 4. The fraction of sp³-hybridized carbons (Fsp3) is 0.701. The molecule has 0 aromatic rings. The number of allylic oxidation sites excluding steroid dienone is 22. The Morgan fingerprint density at radius 1 is 0.264 bits per heavy atom. The van der Waals surface area contributed by atoms with Gasteiger partial charge in [0, 0.05) is 25.7 Å². The van der Waals surface area contributed by atoms with Crippen molar-refractivity contribution in [3.8, 4) is 0 Å². The van der Waals surface area contributed by atoms with Crippen LogP contribution in [0.3, 0.4) is 0 Å². The van der Waals surface area contributed by atoms with E-state index in [-0.39, 0.29) is 25.7 Å². The van der Waals surface area contributed by atoms with Crippen molar-refractivity contribution in [1.29, 1.82) is 0 Å². The molecule has 0 spiro atoms. The van der Waals surface area contributed by atoms with Gasteiger partial charge in [-0.2, -0.15) is 0 Å². The molecule has 0 heterocycles. The van der Waals surface area contributed by atoms with Crippen molar-refractivity contribution in [3.05, 3.63) is 134 Å². The molecule has 0 aromatic carbocycles. The predicted octanol–water partition coefficient (Wildman–Crippen LogP) is 24.4. The Morgan fingerprint density at radius 2 is 0.481 bits per heavy atom. The molecule has 3 N–H and O–H groups in total. The van der Waals surface area contributed by atoms with Crippen LogP contribution < -0.4 is 0 Å². The summed E-state index contributed by atoms with van der Waals surface area (Å²) in [5, 5.41) is 10.6. The summed E-state index contributed by atoms with van der Waals surface area (Å²) < 4.78 is 68.5. The van der Waals surface area contributed by atoms with E-state index in [1.807, 2.05) is 30.4 Å². The van der Waals surface area contributed by atoms with Gasteiger partial charge in [0.2, 0.25) is 0 Å². The van der Waals surface area contributed by atoms with Crippen LogP contribution in [0.2, 0.25) is 0 Å². The number of esters is 4. The predicted molar refractivity (Wildman–Crippen MR) is 436 cm³/mol. The lowest BCUT2D eigenvalue weighted by atomic mass is 10.0. The minimum atomic E-state index is -5.01. The molecule has 0 bridgehead atoms. The first-order valence-electron chi connectivity index (χ1n) is 41.4. The zero-order chi connectivity index (χ0) is 77.4. The van der Waals surface area contributed by atoms with E-state index in [0.717, 1.165) is 116 Å². The van der Waals surface area contributed by atoms with Crippen molar-refractivity contribution >= 4 is 39.5 Å². The van der Waals surface area contributed by atoms with Crippen molar-refractivity contribution in [2.45, 2.75) is 354 Å². The van der Waals surface area contributed by atoms with Crippen molar-refractivity contribution < 1.29 is 80.2 Å². The summed E-state index contributed by atoms with van der Waals surface area (Å²) in [6.45, 7) is 4.65. The largest absolute Gasteiger partial charge is 0.472 e. The molecule has 5 atom stereocenters. The zero-order valence-electron chi connectivity index (χ0n) is 66.6. The Labute approximate surface area is 644 Å². The molecule has 17 nitrogen and oxygen atoms in total. The van der Waals surface area contributed by atoms with Gasteiger partial charge in [-0.25, -0.2) is 9.13 Å². The van der Waals surface area contributed by atoms with Crippen LogP contribution in [0.15, 0.2) is 134 Å². The monoisotopic (exact) mass is 1530 g/mol. The van der Waals surface area contributed by atoms with Gasteiger partial charge in [-0.15, -0.1) is 0 Å². The Bertz CT molecular complexity index is 2530. The molecular weight excluding hydrogens is 1380 g/mol. The number of aliphatic hydroxyl groups is 1. The fourth-order valence-corrected chi connectivity index (χ4v) is 12.3. The molecule has 0 aliphatic carbocycles. The Morgan fingerprint density at radius 3 is 0.821 bits per heavy atom. The summed E-state index contributed by atoms with van der Waals surface area (Å²) in [5.74, 6) is -2.37. The molecule has 106 heavy (non-hydrogen) atoms. The van der Waals surface area contributed by atoms with Gasteiger partial charge < -0.3 is 33.8 Å². The SMILES string of the molecule is CCCCC/C=C\C/C=C\C/C=C\C/C=C\C/C=C\CCC(=O)OC[C@H](COP(=O)(O)OC[C@@H](O)COP(=O)(O)OC[C@@H](COC(=O)CCCCCCC/C=C\CCCCCC)OC(=O)CC/C=C\C/C=C\C/C=C\C/C=C\C/C=C\CCCCC)OC(=O)CCCCCCCCCCCCCCCCC. The quantitative estimate of drug-likeness (QED) is 0.0169. The third kappa shape index (κ3) is 77.4. The van der Waals surface area contributed by atoms with E-state index in [1.165, 1.54) is 128 Å². The van der Waals surface area contributed by atoms with Gasteiger partial charge >= 0.3 is 39.5 Å². The first-order chi connectivity index (χ1) is 51.7. The van der Waals surface area contributed by atoms with Crippen LogP contribution in [-0.2, 0) is 65.4 Å². The third-order valence-electron chi connectivity index (χ3n) is 17.1. The first kappa shape index (κ1) is 101. The molecular formula is C87H148O17P2. The number of unbranched alkanes of at least 4 members (excludes halogenated alkanes) is 29. The third-order valence-corrected chi connectivity index (χ3v) is 19.0. The molecule has 608 valence electrons. The number of phosphoric ester groups is 2. The second-order valence-electron chi connectivity index (χ2n) is 27.4. The molecule has 0 saturated carbocycles. The van der Waals surface area contributed by atoms with E-state index in [4.69, 9.17) is 37.0 Å². The highest BCUT2D eigenvalue weighted by Gasteiger charge is 2.30. The maximum atomic E-state index is 13.1. The van der Waals surface area contributed by atoms with Crippen molar-refractivity contribution in [1.82, 2.24) is 0 Å². The summed E-state index contributed by atoms with van der Waals surface area (Å²) in [7, 11) is -10.0. The number of phosphoric acid groups is 2. The number of rotatable bonds is 77. The highest BCUT2D eigenvalue weighted by Crippen LogP contribution is 2.45. The van der Waals surface area contributed by atoms with Crippen molar-refractivity contribution in [2.24, 2.45) is 0 Å². The van der Waals surface area contributed by atoms with Crippen molar-refractivity contribution in [2.75, 3.05) is 39.6 Å². The van der Waals surface area contributed by atoms with Crippen LogP contribution in [0, 0.1) is 0 Å². The minimum Gasteiger partial charge on any atom is -0.462 e. The van der Waals surface area contributed by atoms with Crippen LogP contribution >= 0.6 is 15.6 Å². The molecule has 0 aliphatic heterocycles. The summed E-state index contributed by atoms with van der Waals surface area (Å²) in [6.07, 6.45) is 88.8. The number of hydrogen-bond acceptors (Lipinski definition) is 15. The van der Waals surface area contributed by atoms with E-state index in [9.17, 15) is 43.2 Å². The number of hydrogen-bond donors (Lipinski definition) is 3. The molecule has 2 unspecified atom stereocenters. The number of carbonyl (C=O) groups is 4. The van der Waals surface area contributed by atoms with Gasteiger partial charge in [-0.05, 0) is 128 Å². The second-order valence-corrected chi connectivity index (χ2v) is 30.3. The molecule has 0 radical (unpaired) electrons. The van der Waals surface area contributed by atoms with E-state index in [1.54, 1.807) is 0 Å². The Kier molecular flexibility index (Phi) is 74.8. The summed E-state index contributed by atoms with van der Waals surface area (Å²) >= 11 is 0. The molecule has 0 saturated heterocycles. The maximum Gasteiger partial charge on any atom is 0.472 e. The van der Waals surface area contributed by atoms with Crippen LogP contribution in [0.4, 0.5) is 0 Å². The Hall–Kier alpha value is -4.80. The van der Waals surface area contributed by atoms with Gasteiger partial charge in [0.1, 0.15) is 19.3 Å². The lowest BCUT2D eigenvalue weighted by Crippen LogP contribution is -2.30. The zero-order valence-corrected chi connectivity index (χ0v) is 68.4. The van der Waals surface area contributed by atoms with Crippen LogP contribution in [-0.4, -0.2) is 96.7 Å². The second kappa shape index (κ2) is 78.3. The number of aliphatic hydroxyl groups excluding tert-OH is 1. The van der Waals surface area contributed by atoms with Crippen molar-refractivity contribution in [3.63, 3.8) is 0 Å². The minimum absolute atomic E-state index is 0.0336. The summed E-state index contributed by atoms with van der Waals surface area (Å²) in [6, 6.07) is 0. The molecule has 19 heteroatoms. The summed E-state index contributed by atoms with van der Waals surface area (Å²) in [5.41, 5.74) is 0. The molecule has 0 fully saturated rings. The standard InChI is InChI=1S/C87H148O17P2/c1-5-9-13-17-21-25-29-33-36-38-40-42-45-48-52-56-60-64-68-72-85(90)98-78-83(103-86(91)73-69-65-61-57-53-49-44-35-31-27-23-19-15-11-7-3)80-102-106(95,96)100-76-81(88)75-99-105(93,94)101-79-82(77-97-84(89)71-67-63-59-55-51-47-32-28-24-20-16-12-8-4)104-87(92)74-70-66-62-58-54-50-46-43-41-39-37-34-30-26-22-18-14-10-6-2/h21-22,25-26,28,32-34,36-37,40-43,48,50,52,54,60,62,64,66,81-83,88H,5-20,23-24,27,29-31,35,38-39,44-47,49,51,53,55-59,61,63,65,67-80H2,1-4H3,(H,93,94)(H,95,96)/b25-21-,26-22-,32-28-,36-33-,37-34-,42-40-,43-41-,52-48-,54-50-,64-60-,66-62-/t81-,82+,83+/m0/s1. The lowest BCUT2D eigenvalue weighted by Gasteiger charge is -2.21. The topological polar surface area (TPSA) is 237 Å². The molecule has 0 amide bonds. The average molecular weight is 1530 g/mol. The Balaban J connectivity index is 5.48. The van der Waals surface area contributed by atoms with Crippen LogP contribution in [0.1, 0.15) is 336 Å². The van der Waals surface area contributed by atoms with Gasteiger partial charge in [0.25, 0.3) is 0 Å². The van der Waals surface area contributed by atoms with Gasteiger partial charge in [-0.1, -0.05) is 315 Å². The molecule has 0 rings (SSSR count). The first-order valence-corrected chi connectivity index (χ1v) is 44.4. The number of ether oxygens (including phenoxy) is 4. The van der Waals surface area contributed by atoms with Gasteiger partial charge in [-0.3, -0.25) is 37.3 Å². The fourth-order valence-electron chi connectivity index (χ4n) is 10.8. The van der Waals surface area contributed by atoms with E-state index in [0.29, 0.717) is 38.5 Å². The van der Waals surface area contributed by atoms with Gasteiger partial charge in [0.15, 0.2) is 12.2 Å². The van der Waals surface area contributed by atoms with Gasteiger partial charge in [0.05, 0.1) is 26.4 Å². The van der Waals surface area contributed by atoms with Crippen LogP contribution in [0.5, 0.6) is 0 Å². The van der Waals surface area contributed by atoms with E-state index in [2.05, 4.69) is 131 Å². The average Bonchev–Trinajstić information content (AvgIpc) is 0.902. The normalized spacial score (nSPS) is 14.5. The van der Waals surface area contributed by atoms with Crippen LogP contribution in [0.25, 0.3) is 0 Å². The maximum absolute atomic E-state index is 13.1. The summed E-state index contributed by atoms with van der Waals surface area (Å²) in [4.78, 5) is 73.0. The highest BCUT2D eigenvalue weighted by molar-refractivity contribution is 7.47. The molecule has 0 aliphatic rings. The van der Waals surface area contributed by atoms with E-state index < -0.39 is 97.5 Å².